The Kier molecular flexibility index (Phi) is 3.99. The highest BCUT2D eigenvalue weighted by atomic mass is 19.2. The molecule has 0 fully saturated rings. The van der Waals surface area contributed by atoms with E-state index in [-0.39, 0.29) is 11.5 Å². The lowest BCUT2D eigenvalue weighted by Gasteiger charge is -2.25. The molecule has 0 spiro atoms. The van der Waals surface area contributed by atoms with Gasteiger partial charge in [0.15, 0.2) is 11.6 Å². The van der Waals surface area contributed by atoms with Crippen LogP contribution >= 0.6 is 0 Å². The van der Waals surface area contributed by atoms with Crippen LogP contribution < -0.4 is 11.3 Å². The van der Waals surface area contributed by atoms with Crippen LogP contribution in [0.3, 0.4) is 0 Å². The summed E-state index contributed by atoms with van der Waals surface area (Å²) in [5.74, 6) is 3.76. The lowest BCUT2D eigenvalue weighted by molar-refractivity contribution is 0.312. The average molecular weight is 228 g/mol. The first kappa shape index (κ1) is 13.1. The molecule has 0 amide bonds. The Bertz CT molecular complexity index is 359. The smallest absolute Gasteiger partial charge is 0.159 e. The molecule has 90 valence electrons. The second-order valence-corrected chi connectivity index (χ2v) is 5.16. The number of hydrazine groups is 1. The highest BCUT2D eigenvalue weighted by molar-refractivity contribution is 5.21. The molecule has 1 aromatic rings. The van der Waals surface area contributed by atoms with Crippen molar-refractivity contribution in [3.63, 3.8) is 0 Å². The van der Waals surface area contributed by atoms with Crippen LogP contribution in [-0.2, 0) is 0 Å². The third-order valence-electron chi connectivity index (χ3n) is 2.36. The van der Waals surface area contributed by atoms with Gasteiger partial charge in [-0.2, -0.15) is 0 Å². The van der Waals surface area contributed by atoms with Crippen molar-refractivity contribution < 1.29 is 8.78 Å². The van der Waals surface area contributed by atoms with Gasteiger partial charge in [-0.1, -0.05) is 26.8 Å². The zero-order valence-electron chi connectivity index (χ0n) is 9.85. The molecule has 3 N–H and O–H groups in total. The van der Waals surface area contributed by atoms with Gasteiger partial charge < -0.3 is 0 Å². The average Bonchev–Trinajstić information content (AvgIpc) is 2.17. The zero-order chi connectivity index (χ0) is 12.3. The summed E-state index contributed by atoms with van der Waals surface area (Å²) in [6.45, 7) is 6.20. The SMILES string of the molecule is CC(C)(C)CC(NN)c1ccc(F)c(F)c1. The van der Waals surface area contributed by atoms with E-state index in [1.54, 1.807) is 6.07 Å². The maximum absolute atomic E-state index is 13.1. The summed E-state index contributed by atoms with van der Waals surface area (Å²) in [6.07, 6.45) is 0.745. The van der Waals surface area contributed by atoms with Crippen molar-refractivity contribution >= 4 is 0 Å². The molecule has 0 aliphatic carbocycles. The number of rotatable bonds is 3. The van der Waals surface area contributed by atoms with Gasteiger partial charge in [-0.05, 0) is 29.5 Å². The number of hydrogen-bond donors (Lipinski definition) is 2. The maximum Gasteiger partial charge on any atom is 0.159 e. The van der Waals surface area contributed by atoms with Crippen molar-refractivity contribution in [3.8, 4) is 0 Å². The standard InChI is InChI=1S/C12H18F2N2/c1-12(2,3)7-11(16-15)8-4-5-9(13)10(14)6-8/h4-6,11,16H,7,15H2,1-3H3. The summed E-state index contributed by atoms with van der Waals surface area (Å²) in [4.78, 5) is 0. The number of halogens is 2. The van der Waals surface area contributed by atoms with Gasteiger partial charge in [0.05, 0.1) is 0 Å². The van der Waals surface area contributed by atoms with E-state index in [9.17, 15) is 8.78 Å². The Morgan fingerprint density at radius 2 is 1.88 bits per heavy atom. The van der Waals surface area contributed by atoms with E-state index in [0.717, 1.165) is 12.5 Å². The second kappa shape index (κ2) is 4.89. The number of nitrogens with two attached hydrogens (primary N) is 1. The predicted molar refractivity (Wildman–Crippen MR) is 60.5 cm³/mol. The second-order valence-electron chi connectivity index (χ2n) is 5.16. The normalized spacial score (nSPS) is 13.9. The van der Waals surface area contributed by atoms with E-state index in [1.165, 1.54) is 6.07 Å². The maximum atomic E-state index is 13.1. The minimum atomic E-state index is -0.841. The number of nitrogens with one attached hydrogen (secondary N) is 1. The Labute approximate surface area is 94.8 Å². The number of benzene rings is 1. The molecule has 1 unspecified atom stereocenters. The van der Waals surface area contributed by atoms with E-state index < -0.39 is 11.6 Å². The molecular weight excluding hydrogens is 210 g/mol. The molecule has 0 heterocycles. The fourth-order valence-corrected chi connectivity index (χ4v) is 1.61. The van der Waals surface area contributed by atoms with Crippen LogP contribution in [0.5, 0.6) is 0 Å². The molecule has 1 atom stereocenters. The Morgan fingerprint density at radius 1 is 1.25 bits per heavy atom. The Morgan fingerprint density at radius 3 is 2.31 bits per heavy atom. The fourth-order valence-electron chi connectivity index (χ4n) is 1.61. The Hall–Kier alpha value is -1.00. The lowest BCUT2D eigenvalue weighted by atomic mass is 9.86. The lowest BCUT2D eigenvalue weighted by Crippen LogP contribution is -2.31. The van der Waals surface area contributed by atoms with E-state index >= 15 is 0 Å². The van der Waals surface area contributed by atoms with E-state index in [4.69, 9.17) is 5.84 Å². The van der Waals surface area contributed by atoms with Crippen LogP contribution in [0.4, 0.5) is 8.78 Å². The summed E-state index contributed by atoms with van der Waals surface area (Å²) in [5.41, 5.74) is 3.35. The minimum absolute atomic E-state index is 0.0574. The molecule has 16 heavy (non-hydrogen) atoms. The monoisotopic (exact) mass is 228 g/mol. The van der Waals surface area contributed by atoms with Crippen LogP contribution in [0.1, 0.15) is 38.8 Å². The van der Waals surface area contributed by atoms with Gasteiger partial charge >= 0.3 is 0 Å². The molecular formula is C12H18F2N2. The van der Waals surface area contributed by atoms with Crippen molar-refractivity contribution in [1.29, 1.82) is 0 Å². The molecule has 0 saturated heterocycles. The van der Waals surface area contributed by atoms with Gasteiger partial charge in [-0.3, -0.25) is 11.3 Å². The molecule has 0 aromatic heterocycles. The van der Waals surface area contributed by atoms with E-state index in [2.05, 4.69) is 26.2 Å². The van der Waals surface area contributed by atoms with Gasteiger partial charge in [-0.15, -0.1) is 0 Å². The molecule has 1 aromatic carbocycles. The topological polar surface area (TPSA) is 38.0 Å². The highest BCUT2D eigenvalue weighted by Gasteiger charge is 2.20. The van der Waals surface area contributed by atoms with Gasteiger partial charge in [-0.25, -0.2) is 8.78 Å². The minimum Gasteiger partial charge on any atom is -0.271 e. The summed E-state index contributed by atoms with van der Waals surface area (Å²) >= 11 is 0. The van der Waals surface area contributed by atoms with Gasteiger partial charge in [0.1, 0.15) is 0 Å². The van der Waals surface area contributed by atoms with Gasteiger partial charge in [0.2, 0.25) is 0 Å². The molecule has 4 heteroatoms. The van der Waals surface area contributed by atoms with Crippen LogP contribution in [0, 0.1) is 17.0 Å². The quantitative estimate of drug-likeness (QED) is 0.616. The third-order valence-corrected chi connectivity index (χ3v) is 2.36. The molecule has 0 saturated carbocycles. The predicted octanol–water partition coefficient (Wildman–Crippen LogP) is 2.91. The largest absolute Gasteiger partial charge is 0.271 e. The van der Waals surface area contributed by atoms with Crippen molar-refractivity contribution in [2.75, 3.05) is 0 Å². The fraction of sp³-hybridized carbons (Fsp3) is 0.500. The molecule has 2 nitrogen and oxygen atoms in total. The molecule has 0 aliphatic rings. The zero-order valence-corrected chi connectivity index (χ0v) is 9.85. The molecule has 0 radical (unpaired) electrons. The summed E-state index contributed by atoms with van der Waals surface area (Å²) in [7, 11) is 0. The first-order valence-electron chi connectivity index (χ1n) is 5.24. The highest BCUT2D eigenvalue weighted by Crippen LogP contribution is 2.29. The van der Waals surface area contributed by atoms with Crippen LogP contribution in [-0.4, -0.2) is 0 Å². The van der Waals surface area contributed by atoms with E-state index in [0.29, 0.717) is 5.56 Å². The third kappa shape index (κ3) is 3.54. The first-order valence-corrected chi connectivity index (χ1v) is 5.24. The van der Waals surface area contributed by atoms with Crippen molar-refractivity contribution in [2.24, 2.45) is 11.3 Å². The van der Waals surface area contributed by atoms with Crippen LogP contribution in [0.25, 0.3) is 0 Å². The van der Waals surface area contributed by atoms with Crippen molar-refractivity contribution in [2.45, 2.75) is 33.2 Å². The van der Waals surface area contributed by atoms with Crippen LogP contribution in [0.2, 0.25) is 0 Å². The summed E-state index contributed by atoms with van der Waals surface area (Å²) in [5, 5.41) is 0. The number of hydrogen-bond acceptors (Lipinski definition) is 2. The van der Waals surface area contributed by atoms with Crippen molar-refractivity contribution in [1.82, 2.24) is 5.43 Å². The molecule has 0 bridgehead atoms. The molecule has 0 aliphatic heterocycles. The Balaban J connectivity index is 2.91. The van der Waals surface area contributed by atoms with Gasteiger partial charge in [0, 0.05) is 6.04 Å². The summed E-state index contributed by atoms with van der Waals surface area (Å²) < 4.78 is 25.8. The van der Waals surface area contributed by atoms with Crippen molar-refractivity contribution in [3.05, 3.63) is 35.4 Å². The molecule has 1 rings (SSSR count). The first-order chi connectivity index (χ1) is 7.33. The summed E-state index contributed by atoms with van der Waals surface area (Å²) in [6, 6.07) is 3.69. The van der Waals surface area contributed by atoms with Crippen LogP contribution in [0.15, 0.2) is 18.2 Å². The van der Waals surface area contributed by atoms with Gasteiger partial charge in [0.25, 0.3) is 0 Å². The van der Waals surface area contributed by atoms with E-state index in [1.807, 2.05) is 0 Å².